The maximum Gasteiger partial charge on any atom is 0.170 e. The minimum Gasteiger partial charge on any atom is -0.409 e. The van der Waals surface area contributed by atoms with Crippen molar-refractivity contribution in [2.45, 2.75) is 19.0 Å². The van der Waals surface area contributed by atoms with E-state index in [2.05, 4.69) is 10.5 Å². The second-order valence-corrected chi connectivity index (χ2v) is 4.23. The molecule has 5 nitrogen and oxygen atoms in total. The molecule has 1 heterocycles. The summed E-state index contributed by atoms with van der Waals surface area (Å²) in [5.74, 6) is -0.469. The summed E-state index contributed by atoms with van der Waals surface area (Å²) >= 11 is 0. The average Bonchev–Trinajstić information content (AvgIpc) is 2.89. The van der Waals surface area contributed by atoms with Gasteiger partial charge in [-0.15, -0.1) is 0 Å². The minimum atomic E-state index is -0.370. The van der Waals surface area contributed by atoms with Crippen molar-refractivity contribution in [1.29, 1.82) is 0 Å². The average molecular weight is 253 g/mol. The Kier molecular flexibility index (Phi) is 4.11. The van der Waals surface area contributed by atoms with Crippen LogP contribution in [0.25, 0.3) is 0 Å². The summed E-state index contributed by atoms with van der Waals surface area (Å²) in [4.78, 5) is 0. The molecule has 0 saturated carbocycles. The minimum absolute atomic E-state index is 0.0994. The van der Waals surface area contributed by atoms with Crippen molar-refractivity contribution in [2.24, 2.45) is 10.9 Å². The van der Waals surface area contributed by atoms with Gasteiger partial charge in [-0.3, -0.25) is 0 Å². The van der Waals surface area contributed by atoms with Crippen molar-refractivity contribution in [1.82, 2.24) is 5.32 Å². The Labute approximate surface area is 104 Å². The van der Waals surface area contributed by atoms with E-state index < -0.39 is 0 Å². The summed E-state index contributed by atoms with van der Waals surface area (Å²) < 4.78 is 19.0. The number of oxime groups is 1. The molecule has 0 aromatic heterocycles. The summed E-state index contributed by atoms with van der Waals surface area (Å²) in [5.41, 5.74) is 6.30. The lowest BCUT2D eigenvalue weighted by molar-refractivity contribution is 0.189. The van der Waals surface area contributed by atoms with Crippen LogP contribution in [0.1, 0.15) is 17.5 Å². The van der Waals surface area contributed by atoms with Gasteiger partial charge in [0.1, 0.15) is 5.82 Å². The highest BCUT2D eigenvalue weighted by Gasteiger charge is 2.15. The zero-order chi connectivity index (χ0) is 13.0. The monoisotopic (exact) mass is 253 g/mol. The Morgan fingerprint density at radius 2 is 2.44 bits per heavy atom. The Bertz CT molecular complexity index is 445. The molecule has 2 rings (SSSR count). The van der Waals surface area contributed by atoms with Crippen LogP contribution in [0.3, 0.4) is 0 Å². The van der Waals surface area contributed by atoms with Crippen LogP contribution in [-0.4, -0.2) is 30.3 Å². The molecule has 98 valence electrons. The highest BCUT2D eigenvalue weighted by atomic mass is 19.1. The van der Waals surface area contributed by atoms with Crippen LogP contribution >= 0.6 is 0 Å². The van der Waals surface area contributed by atoms with Gasteiger partial charge in [0.25, 0.3) is 0 Å². The van der Waals surface area contributed by atoms with E-state index in [-0.39, 0.29) is 17.7 Å². The lowest BCUT2D eigenvalue weighted by Crippen LogP contribution is -2.29. The summed E-state index contributed by atoms with van der Waals surface area (Å²) in [6, 6.07) is 4.80. The van der Waals surface area contributed by atoms with Crippen LogP contribution in [0, 0.1) is 5.82 Å². The molecule has 1 saturated heterocycles. The fraction of sp³-hybridized carbons (Fsp3) is 0.417. The largest absolute Gasteiger partial charge is 0.409 e. The molecule has 1 aliphatic heterocycles. The van der Waals surface area contributed by atoms with E-state index in [0.29, 0.717) is 24.3 Å². The van der Waals surface area contributed by atoms with Gasteiger partial charge in [-0.05, 0) is 12.5 Å². The van der Waals surface area contributed by atoms with Crippen molar-refractivity contribution >= 4 is 5.84 Å². The van der Waals surface area contributed by atoms with Gasteiger partial charge in [0.15, 0.2) is 5.84 Å². The summed E-state index contributed by atoms with van der Waals surface area (Å²) in [6.45, 7) is 1.86. The second-order valence-electron chi connectivity index (χ2n) is 4.23. The molecule has 0 aliphatic carbocycles. The van der Waals surface area contributed by atoms with Gasteiger partial charge in [-0.2, -0.15) is 0 Å². The van der Waals surface area contributed by atoms with E-state index in [4.69, 9.17) is 15.7 Å². The fourth-order valence-corrected chi connectivity index (χ4v) is 1.86. The SMILES string of the molecule is N/C(=N/O)c1ccc(CNC2CCOC2)c(F)c1. The van der Waals surface area contributed by atoms with Crippen LogP contribution in [0.2, 0.25) is 0 Å². The first-order valence-electron chi connectivity index (χ1n) is 5.78. The Balaban J connectivity index is 2.00. The molecule has 1 aromatic rings. The van der Waals surface area contributed by atoms with Gasteiger partial charge in [0, 0.05) is 30.3 Å². The van der Waals surface area contributed by atoms with Gasteiger partial charge in [0.2, 0.25) is 0 Å². The predicted octanol–water partition coefficient (Wildman–Crippen LogP) is 0.799. The normalized spacial score (nSPS) is 20.3. The third kappa shape index (κ3) is 2.96. The smallest absolute Gasteiger partial charge is 0.170 e. The van der Waals surface area contributed by atoms with E-state index in [1.165, 1.54) is 6.07 Å². The maximum absolute atomic E-state index is 13.8. The number of amidine groups is 1. The molecule has 0 radical (unpaired) electrons. The molecular formula is C12H16FN3O2. The van der Waals surface area contributed by atoms with Crippen LogP contribution < -0.4 is 11.1 Å². The van der Waals surface area contributed by atoms with E-state index in [1.807, 2.05) is 0 Å². The fourth-order valence-electron chi connectivity index (χ4n) is 1.86. The number of ether oxygens (including phenoxy) is 1. The molecule has 6 heteroatoms. The van der Waals surface area contributed by atoms with E-state index in [0.717, 1.165) is 13.0 Å². The topological polar surface area (TPSA) is 79.9 Å². The molecule has 0 bridgehead atoms. The molecule has 1 atom stereocenters. The first-order chi connectivity index (χ1) is 8.70. The number of nitrogens with one attached hydrogen (secondary N) is 1. The molecule has 1 fully saturated rings. The van der Waals surface area contributed by atoms with Crippen molar-refractivity contribution in [2.75, 3.05) is 13.2 Å². The quantitative estimate of drug-likeness (QED) is 0.321. The maximum atomic E-state index is 13.8. The standard InChI is InChI=1S/C12H16FN3O2/c13-11-5-8(12(14)16-17)1-2-9(11)6-15-10-3-4-18-7-10/h1-2,5,10,15,17H,3-4,6-7H2,(H2,14,16). The van der Waals surface area contributed by atoms with E-state index in [1.54, 1.807) is 12.1 Å². The number of nitrogens with zero attached hydrogens (tertiary/aromatic N) is 1. The highest BCUT2D eigenvalue weighted by Crippen LogP contribution is 2.12. The number of halogens is 1. The predicted molar refractivity (Wildman–Crippen MR) is 65.0 cm³/mol. The van der Waals surface area contributed by atoms with Crippen molar-refractivity contribution in [3.8, 4) is 0 Å². The first-order valence-corrected chi connectivity index (χ1v) is 5.78. The molecule has 0 spiro atoms. The van der Waals surface area contributed by atoms with Gasteiger partial charge < -0.3 is 21.0 Å². The number of benzene rings is 1. The van der Waals surface area contributed by atoms with Crippen LogP contribution in [0.5, 0.6) is 0 Å². The third-order valence-electron chi connectivity index (χ3n) is 2.97. The van der Waals surface area contributed by atoms with Gasteiger partial charge in [0.05, 0.1) is 6.61 Å². The van der Waals surface area contributed by atoms with E-state index in [9.17, 15) is 4.39 Å². The number of hydrogen-bond donors (Lipinski definition) is 3. The zero-order valence-corrected chi connectivity index (χ0v) is 9.90. The van der Waals surface area contributed by atoms with Crippen molar-refractivity contribution in [3.63, 3.8) is 0 Å². The van der Waals surface area contributed by atoms with Crippen LogP contribution in [-0.2, 0) is 11.3 Å². The first kappa shape index (κ1) is 12.8. The molecule has 1 unspecified atom stereocenters. The molecule has 1 aliphatic rings. The summed E-state index contributed by atoms with van der Waals surface area (Å²) in [7, 11) is 0. The Hall–Kier alpha value is -1.66. The molecule has 0 amide bonds. The second kappa shape index (κ2) is 5.79. The van der Waals surface area contributed by atoms with Gasteiger partial charge in [-0.1, -0.05) is 17.3 Å². The third-order valence-corrected chi connectivity index (χ3v) is 2.97. The molecule has 1 aromatic carbocycles. The van der Waals surface area contributed by atoms with Crippen molar-refractivity contribution in [3.05, 3.63) is 35.1 Å². The van der Waals surface area contributed by atoms with Crippen LogP contribution in [0.15, 0.2) is 23.4 Å². The lowest BCUT2D eigenvalue weighted by Gasteiger charge is -2.11. The Morgan fingerprint density at radius 1 is 1.61 bits per heavy atom. The zero-order valence-electron chi connectivity index (χ0n) is 9.90. The highest BCUT2D eigenvalue weighted by molar-refractivity contribution is 5.97. The van der Waals surface area contributed by atoms with Gasteiger partial charge >= 0.3 is 0 Å². The number of rotatable bonds is 4. The number of hydrogen-bond acceptors (Lipinski definition) is 4. The van der Waals surface area contributed by atoms with Gasteiger partial charge in [-0.25, -0.2) is 4.39 Å². The van der Waals surface area contributed by atoms with Crippen molar-refractivity contribution < 1.29 is 14.3 Å². The Morgan fingerprint density at radius 3 is 3.06 bits per heavy atom. The lowest BCUT2D eigenvalue weighted by atomic mass is 10.1. The van der Waals surface area contributed by atoms with Crippen LogP contribution in [0.4, 0.5) is 4.39 Å². The number of nitrogens with two attached hydrogens (primary N) is 1. The molecular weight excluding hydrogens is 237 g/mol. The van der Waals surface area contributed by atoms with E-state index >= 15 is 0 Å². The molecule has 4 N–H and O–H groups in total. The summed E-state index contributed by atoms with van der Waals surface area (Å²) in [5, 5.41) is 14.6. The summed E-state index contributed by atoms with van der Waals surface area (Å²) in [6.07, 6.45) is 0.948. The molecule has 18 heavy (non-hydrogen) atoms.